The van der Waals surface area contributed by atoms with E-state index in [-0.39, 0.29) is 0 Å². The lowest BCUT2D eigenvalue weighted by molar-refractivity contribution is 0.244. The maximum Gasteiger partial charge on any atom is 0.0345 e. The Morgan fingerprint density at radius 3 is 2.53 bits per heavy atom. The molecule has 0 spiro atoms. The fourth-order valence-corrected chi connectivity index (χ4v) is 3.40. The molecule has 1 nitrogen and oxygen atoms in total. The van der Waals surface area contributed by atoms with Gasteiger partial charge in [0.05, 0.1) is 0 Å². The van der Waals surface area contributed by atoms with Crippen LogP contribution in [-0.2, 0) is 0 Å². The molecular formula is C18H29N. The average molecular weight is 259 g/mol. The van der Waals surface area contributed by atoms with E-state index >= 15 is 0 Å². The molecule has 3 atom stereocenters. The quantitative estimate of drug-likeness (QED) is 0.789. The predicted molar refractivity (Wildman–Crippen MR) is 83.2 cm³/mol. The van der Waals surface area contributed by atoms with Crippen LogP contribution in [0.25, 0.3) is 0 Å². The molecule has 2 rings (SSSR count). The third-order valence-corrected chi connectivity index (χ3v) is 4.60. The summed E-state index contributed by atoms with van der Waals surface area (Å²) in [6, 6.07) is 12.2. The topological polar surface area (TPSA) is 12.0 Å². The monoisotopic (exact) mass is 259 g/mol. The van der Waals surface area contributed by atoms with Crippen molar-refractivity contribution in [2.24, 2.45) is 11.8 Å². The minimum absolute atomic E-state index is 0.502. The van der Waals surface area contributed by atoms with Crippen molar-refractivity contribution in [3.05, 3.63) is 35.9 Å². The molecule has 19 heavy (non-hydrogen) atoms. The zero-order valence-electron chi connectivity index (χ0n) is 12.7. The number of rotatable bonds is 5. The molecular weight excluding hydrogens is 230 g/mol. The largest absolute Gasteiger partial charge is 0.307 e. The smallest absolute Gasteiger partial charge is 0.0345 e. The predicted octanol–water partition coefficient (Wildman–Crippen LogP) is 4.94. The van der Waals surface area contributed by atoms with Crippen molar-refractivity contribution in [3.8, 4) is 0 Å². The number of hydrogen-bond acceptors (Lipinski definition) is 1. The van der Waals surface area contributed by atoms with E-state index < -0.39 is 0 Å². The zero-order valence-corrected chi connectivity index (χ0v) is 12.7. The molecule has 1 fully saturated rings. The Labute approximate surface area is 118 Å². The lowest BCUT2D eigenvalue weighted by Crippen LogP contribution is -2.38. The van der Waals surface area contributed by atoms with Gasteiger partial charge in [0.1, 0.15) is 0 Å². The molecule has 0 heterocycles. The second-order valence-corrected chi connectivity index (χ2v) is 6.44. The van der Waals surface area contributed by atoms with Crippen LogP contribution in [0, 0.1) is 11.8 Å². The molecule has 0 aliphatic heterocycles. The van der Waals surface area contributed by atoms with Crippen LogP contribution in [0.3, 0.4) is 0 Å². The van der Waals surface area contributed by atoms with Gasteiger partial charge in [-0.2, -0.15) is 0 Å². The molecule has 1 N–H and O–H groups in total. The maximum atomic E-state index is 3.94. The highest BCUT2D eigenvalue weighted by molar-refractivity contribution is 5.19. The lowest BCUT2D eigenvalue weighted by Gasteiger charge is -2.34. The van der Waals surface area contributed by atoms with Crippen LogP contribution < -0.4 is 5.32 Å². The summed E-state index contributed by atoms with van der Waals surface area (Å²) in [6.07, 6.45) is 6.90. The summed E-state index contributed by atoms with van der Waals surface area (Å²) in [4.78, 5) is 0. The Kier molecular flexibility index (Phi) is 5.45. The first kappa shape index (κ1) is 14.6. The Balaban J connectivity index is 2.01. The normalized spacial score (nSPS) is 25.5. The molecule has 1 saturated carbocycles. The Morgan fingerprint density at radius 2 is 1.89 bits per heavy atom. The first-order chi connectivity index (χ1) is 9.20. The van der Waals surface area contributed by atoms with E-state index in [0.717, 1.165) is 5.92 Å². The number of nitrogens with one attached hydrogen (secondary N) is 1. The van der Waals surface area contributed by atoms with E-state index in [4.69, 9.17) is 0 Å². The van der Waals surface area contributed by atoms with Crippen molar-refractivity contribution in [1.29, 1.82) is 0 Å². The summed E-state index contributed by atoms with van der Waals surface area (Å²) in [6.45, 7) is 6.99. The second kappa shape index (κ2) is 7.09. The van der Waals surface area contributed by atoms with Gasteiger partial charge >= 0.3 is 0 Å². The molecule has 0 aromatic heterocycles. The molecule has 0 saturated heterocycles. The fourth-order valence-electron chi connectivity index (χ4n) is 3.40. The number of benzene rings is 1. The van der Waals surface area contributed by atoms with E-state index in [1.807, 2.05) is 0 Å². The first-order valence-corrected chi connectivity index (χ1v) is 8.01. The van der Waals surface area contributed by atoms with Crippen LogP contribution in [0.1, 0.15) is 64.5 Å². The van der Waals surface area contributed by atoms with E-state index in [0.29, 0.717) is 18.0 Å². The summed E-state index contributed by atoms with van der Waals surface area (Å²) in [5, 5.41) is 3.94. The SMILES string of the molecule is CCC1CCCC(NC(c2ccccc2)C(C)C)C1. The van der Waals surface area contributed by atoms with Gasteiger partial charge in [0.2, 0.25) is 0 Å². The van der Waals surface area contributed by atoms with Gasteiger partial charge in [-0.25, -0.2) is 0 Å². The first-order valence-electron chi connectivity index (χ1n) is 8.01. The third-order valence-electron chi connectivity index (χ3n) is 4.60. The third kappa shape index (κ3) is 4.07. The van der Waals surface area contributed by atoms with Crippen molar-refractivity contribution in [2.75, 3.05) is 0 Å². The van der Waals surface area contributed by atoms with Gasteiger partial charge in [-0.1, -0.05) is 70.4 Å². The van der Waals surface area contributed by atoms with Crippen LogP contribution in [0.2, 0.25) is 0 Å². The van der Waals surface area contributed by atoms with E-state index in [1.54, 1.807) is 0 Å². The highest BCUT2D eigenvalue weighted by Gasteiger charge is 2.24. The lowest BCUT2D eigenvalue weighted by atomic mass is 9.83. The van der Waals surface area contributed by atoms with Crippen molar-refractivity contribution in [3.63, 3.8) is 0 Å². The van der Waals surface area contributed by atoms with Gasteiger partial charge in [0, 0.05) is 12.1 Å². The second-order valence-electron chi connectivity index (χ2n) is 6.44. The van der Waals surface area contributed by atoms with Crippen molar-refractivity contribution in [2.45, 2.75) is 65.0 Å². The zero-order chi connectivity index (χ0) is 13.7. The molecule has 1 aliphatic carbocycles. The van der Waals surface area contributed by atoms with Crippen LogP contribution >= 0.6 is 0 Å². The van der Waals surface area contributed by atoms with Crippen LogP contribution in [0.5, 0.6) is 0 Å². The molecule has 0 radical (unpaired) electrons. The molecule has 1 aliphatic rings. The number of hydrogen-bond donors (Lipinski definition) is 1. The van der Waals surface area contributed by atoms with Crippen LogP contribution in [-0.4, -0.2) is 6.04 Å². The summed E-state index contributed by atoms with van der Waals surface area (Å²) < 4.78 is 0. The van der Waals surface area contributed by atoms with E-state index in [2.05, 4.69) is 56.4 Å². The molecule has 1 aromatic carbocycles. The summed E-state index contributed by atoms with van der Waals surface area (Å²) in [5.41, 5.74) is 1.44. The molecule has 3 unspecified atom stereocenters. The van der Waals surface area contributed by atoms with Gasteiger partial charge in [-0.15, -0.1) is 0 Å². The summed E-state index contributed by atoms with van der Waals surface area (Å²) in [7, 11) is 0. The summed E-state index contributed by atoms with van der Waals surface area (Å²) in [5.74, 6) is 1.58. The summed E-state index contributed by atoms with van der Waals surface area (Å²) >= 11 is 0. The molecule has 0 bridgehead atoms. The highest BCUT2D eigenvalue weighted by atomic mass is 15.0. The standard InChI is InChI=1S/C18H29N/c1-4-15-9-8-12-17(13-15)19-18(14(2)3)16-10-6-5-7-11-16/h5-7,10-11,14-15,17-19H,4,8-9,12-13H2,1-3H3. The van der Waals surface area contributed by atoms with Crippen molar-refractivity contribution < 1.29 is 0 Å². The van der Waals surface area contributed by atoms with Gasteiger partial charge in [0.25, 0.3) is 0 Å². The van der Waals surface area contributed by atoms with E-state index in [9.17, 15) is 0 Å². The van der Waals surface area contributed by atoms with Crippen LogP contribution in [0.4, 0.5) is 0 Å². The van der Waals surface area contributed by atoms with Gasteiger partial charge in [0.15, 0.2) is 0 Å². The maximum absolute atomic E-state index is 3.94. The molecule has 106 valence electrons. The minimum atomic E-state index is 0.502. The molecule has 0 amide bonds. The Hall–Kier alpha value is -0.820. The van der Waals surface area contributed by atoms with Gasteiger partial charge in [-0.3, -0.25) is 0 Å². The van der Waals surface area contributed by atoms with Crippen molar-refractivity contribution >= 4 is 0 Å². The Bertz CT molecular complexity index is 357. The Morgan fingerprint density at radius 1 is 1.16 bits per heavy atom. The van der Waals surface area contributed by atoms with Crippen LogP contribution in [0.15, 0.2) is 30.3 Å². The molecule has 1 aromatic rings. The van der Waals surface area contributed by atoms with Gasteiger partial charge in [-0.05, 0) is 30.2 Å². The van der Waals surface area contributed by atoms with Crippen molar-refractivity contribution in [1.82, 2.24) is 5.32 Å². The van der Waals surface area contributed by atoms with E-state index in [1.165, 1.54) is 37.7 Å². The molecule has 1 heteroatoms. The van der Waals surface area contributed by atoms with Gasteiger partial charge < -0.3 is 5.32 Å². The minimum Gasteiger partial charge on any atom is -0.307 e. The fraction of sp³-hybridized carbons (Fsp3) is 0.667. The highest BCUT2D eigenvalue weighted by Crippen LogP contribution is 2.30. The average Bonchev–Trinajstić information content (AvgIpc) is 2.45.